The van der Waals surface area contributed by atoms with E-state index in [4.69, 9.17) is 0 Å². The van der Waals surface area contributed by atoms with Crippen LogP contribution in [0.3, 0.4) is 0 Å². The first kappa shape index (κ1) is 18.4. The second-order valence-electron chi connectivity index (χ2n) is 6.98. The second kappa shape index (κ2) is 7.68. The lowest BCUT2D eigenvalue weighted by Crippen LogP contribution is -2.28. The van der Waals surface area contributed by atoms with Crippen molar-refractivity contribution >= 4 is 38.8 Å². The van der Waals surface area contributed by atoms with Gasteiger partial charge in [-0.25, -0.2) is 9.78 Å². The average molecular weight is 414 g/mol. The maximum Gasteiger partial charge on any atom is 0.321 e. The molecule has 30 heavy (non-hydrogen) atoms. The molecule has 0 radical (unpaired) electrons. The van der Waals surface area contributed by atoms with Gasteiger partial charge in [-0.05, 0) is 42.3 Å². The summed E-state index contributed by atoms with van der Waals surface area (Å²) in [5.74, 6) is 0. The number of thiazole rings is 1. The van der Waals surface area contributed by atoms with E-state index in [-0.39, 0.29) is 6.03 Å². The summed E-state index contributed by atoms with van der Waals surface area (Å²) in [7, 11) is 0. The van der Waals surface area contributed by atoms with Crippen LogP contribution in [-0.4, -0.2) is 27.5 Å². The van der Waals surface area contributed by atoms with E-state index in [0.717, 1.165) is 50.1 Å². The monoisotopic (exact) mass is 413 g/mol. The van der Waals surface area contributed by atoms with E-state index in [2.05, 4.69) is 55.9 Å². The lowest BCUT2D eigenvalue weighted by Gasteiger charge is -2.08. The number of nitrogens with zero attached hydrogens (tertiary/aromatic N) is 3. The number of fused-ring (bicyclic) bond motifs is 2. The van der Waals surface area contributed by atoms with Gasteiger partial charge in [-0.15, -0.1) is 0 Å². The predicted molar refractivity (Wildman–Crippen MR) is 122 cm³/mol. The highest BCUT2D eigenvalue weighted by molar-refractivity contribution is 7.22. The standard InChI is InChI=1S/C23H19N5OS/c1-2-25-22(29)28-23-27-20-11-16(17-9-14-5-3-7-19(14)26-13-17)10-18(21(20)30-23)15-6-4-8-24-12-15/h3-6,8-13H,2,7H2,1H3,(H2,25,27,28,29). The summed E-state index contributed by atoms with van der Waals surface area (Å²) in [5, 5.41) is 6.13. The van der Waals surface area contributed by atoms with Crippen LogP contribution in [0, 0.1) is 0 Å². The highest BCUT2D eigenvalue weighted by Crippen LogP contribution is 2.39. The van der Waals surface area contributed by atoms with E-state index >= 15 is 0 Å². The van der Waals surface area contributed by atoms with E-state index in [1.165, 1.54) is 11.3 Å². The molecule has 2 N–H and O–H groups in total. The summed E-state index contributed by atoms with van der Waals surface area (Å²) in [5.41, 5.74) is 7.21. The molecule has 3 aromatic heterocycles. The number of benzene rings is 1. The number of aromatic nitrogens is 3. The molecular formula is C23H19N5OS. The quantitative estimate of drug-likeness (QED) is 0.486. The van der Waals surface area contributed by atoms with Crippen molar-refractivity contribution in [1.82, 2.24) is 20.3 Å². The minimum atomic E-state index is -0.255. The molecule has 0 spiro atoms. The molecule has 1 aromatic carbocycles. The number of hydrogen-bond acceptors (Lipinski definition) is 5. The SMILES string of the molecule is CCNC(=O)Nc1nc2cc(-c3cnc4c(c3)C=CC4)cc(-c3cccnc3)c2s1. The molecule has 0 fully saturated rings. The summed E-state index contributed by atoms with van der Waals surface area (Å²) in [6, 6.07) is 10.1. The maximum absolute atomic E-state index is 12.0. The first-order chi connectivity index (χ1) is 14.7. The Morgan fingerprint density at radius 3 is 2.93 bits per heavy atom. The fourth-order valence-corrected chi connectivity index (χ4v) is 4.55. The molecule has 1 aliphatic carbocycles. The smallest absolute Gasteiger partial charge is 0.321 e. The van der Waals surface area contributed by atoms with Crippen molar-refractivity contribution in [1.29, 1.82) is 0 Å². The number of carbonyl (C=O) groups excluding carboxylic acids is 1. The van der Waals surface area contributed by atoms with Gasteiger partial charge in [0.25, 0.3) is 0 Å². The van der Waals surface area contributed by atoms with Crippen LogP contribution < -0.4 is 10.6 Å². The number of urea groups is 1. The van der Waals surface area contributed by atoms with E-state index in [1.807, 2.05) is 31.5 Å². The molecule has 3 heterocycles. The van der Waals surface area contributed by atoms with Gasteiger partial charge in [0.1, 0.15) is 0 Å². The van der Waals surface area contributed by atoms with Gasteiger partial charge in [0.2, 0.25) is 0 Å². The van der Waals surface area contributed by atoms with Crippen LogP contribution in [0.5, 0.6) is 0 Å². The van der Waals surface area contributed by atoms with Crippen molar-refractivity contribution in [2.45, 2.75) is 13.3 Å². The fourth-order valence-electron chi connectivity index (χ4n) is 3.57. The zero-order valence-corrected chi connectivity index (χ0v) is 17.2. The summed E-state index contributed by atoms with van der Waals surface area (Å²) in [6.07, 6.45) is 10.7. The van der Waals surface area contributed by atoms with Gasteiger partial charge in [-0.2, -0.15) is 0 Å². The third kappa shape index (κ3) is 3.44. The summed E-state index contributed by atoms with van der Waals surface area (Å²) in [4.78, 5) is 25.5. The molecule has 0 saturated heterocycles. The van der Waals surface area contributed by atoms with Crippen LogP contribution in [0.1, 0.15) is 18.2 Å². The van der Waals surface area contributed by atoms with Gasteiger partial charge >= 0.3 is 6.03 Å². The molecule has 0 bridgehead atoms. The van der Waals surface area contributed by atoms with Crippen LogP contribution >= 0.6 is 11.3 Å². The second-order valence-corrected chi connectivity index (χ2v) is 7.98. The molecule has 0 saturated carbocycles. The van der Waals surface area contributed by atoms with Gasteiger partial charge in [0, 0.05) is 48.2 Å². The van der Waals surface area contributed by atoms with E-state index in [1.54, 1.807) is 6.20 Å². The number of pyridine rings is 2. The Kier molecular flexibility index (Phi) is 4.72. The van der Waals surface area contributed by atoms with Gasteiger partial charge in [-0.3, -0.25) is 15.3 Å². The highest BCUT2D eigenvalue weighted by atomic mass is 32.1. The Balaban J connectivity index is 1.65. The van der Waals surface area contributed by atoms with Crippen LogP contribution in [0.15, 0.2) is 55.0 Å². The van der Waals surface area contributed by atoms with Crippen molar-refractivity contribution in [2.75, 3.05) is 11.9 Å². The number of nitrogens with one attached hydrogen (secondary N) is 2. The number of rotatable bonds is 4. The van der Waals surface area contributed by atoms with Crippen LogP contribution in [0.25, 0.3) is 38.5 Å². The fraction of sp³-hybridized carbons (Fsp3) is 0.130. The van der Waals surface area contributed by atoms with E-state index in [0.29, 0.717) is 11.7 Å². The lowest BCUT2D eigenvalue weighted by atomic mass is 9.99. The molecule has 148 valence electrons. The molecule has 4 aromatic rings. The zero-order chi connectivity index (χ0) is 20.5. The Morgan fingerprint density at radius 2 is 2.10 bits per heavy atom. The summed E-state index contributed by atoms with van der Waals surface area (Å²) < 4.78 is 1.01. The third-order valence-electron chi connectivity index (χ3n) is 4.97. The number of carbonyl (C=O) groups is 1. The first-order valence-corrected chi connectivity index (χ1v) is 10.6. The van der Waals surface area contributed by atoms with Crippen LogP contribution in [-0.2, 0) is 6.42 Å². The highest BCUT2D eigenvalue weighted by Gasteiger charge is 2.16. The Hall–Kier alpha value is -3.58. The van der Waals surface area contributed by atoms with Crippen LogP contribution in [0.4, 0.5) is 9.93 Å². The molecular weight excluding hydrogens is 394 g/mol. The van der Waals surface area contributed by atoms with E-state index in [9.17, 15) is 4.79 Å². The van der Waals surface area contributed by atoms with Crippen LogP contribution in [0.2, 0.25) is 0 Å². The minimum Gasteiger partial charge on any atom is -0.338 e. The Bertz CT molecular complexity index is 1280. The predicted octanol–water partition coefficient (Wildman–Crippen LogP) is 5.13. The van der Waals surface area contributed by atoms with Gasteiger partial charge in [0.05, 0.1) is 15.9 Å². The van der Waals surface area contributed by atoms with Gasteiger partial charge < -0.3 is 5.32 Å². The van der Waals surface area contributed by atoms with Crippen molar-refractivity contribution < 1.29 is 4.79 Å². The largest absolute Gasteiger partial charge is 0.338 e. The summed E-state index contributed by atoms with van der Waals surface area (Å²) >= 11 is 1.46. The van der Waals surface area contributed by atoms with Crippen molar-refractivity contribution in [3.63, 3.8) is 0 Å². The number of allylic oxidation sites excluding steroid dienone is 1. The first-order valence-electron chi connectivity index (χ1n) is 9.77. The number of amides is 2. The van der Waals surface area contributed by atoms with Crippen molar-refractivity contribution in [2.24, 2.45) is 0 Å². The van der Waals surface area contributed by atoms with E-state index < -0.39 is 0 Å². The minimum absolute atomic E-state index is 0.255. The molecule has 1 aliphatic rings. The summed E-state index contributed by atoms with van der Waals surface area (Å²) in [6.45, 7) is 2.44. The maximum atomic E-state index is 12.0. The normalized spacial score (nSPS) is 12.2. The molecule has 2 amide bonds. The lowest BCUT2D eigenvalue weighted by molar-refractivity contribution is 0.252. The average Bonchev–Trinajstić information content (AvgIpc) is 3.39. The molecule has 0 aliphatic heterocycles. The Morgan fingerprint density at radius 1 is 1.17 bits per heavy atom. The molecule has 5 rings (SSSR count). The van der Waals surface area contributed by atoms with Gasteiger partial charge in [0.15, 0.2) is 5.13 Å². The topological polar surface area (TPSA) is 79.8 Å². The zero-order valence-electron chi connectivity index (χ0n) is 16.3. The molecule has 7 heteroatoms. The molecule has 0 unspecified atom stereocenters. The molecule has 6 nitrogen and oxygen atoms in total. The number of anilines is 1. The third-order valence-corrected chi connectivity index (χ3v) is 5.99. The number of hydrogen-bond donors (Lipinski definition) is 2. The van der Waals surface area contributed by atoms with Crippen molar-refractivity contribution in [3.05, 3.63) is 66.3 Å². The Labute approximate surface area is 177 Å². The molecule has 0 atom stereocenters. The van der Waals surface area contributed by atoms with Gasteiger partial charge in [-0.1, -0.05) is 29.6 Å². The van der Waals surface area contributed by atoms with Crippen molar-refractivity contribution in [3.8, 4) is 22.3 Å².